The summed E-state index contributed by atoms with van der Waals surface area (Å²) in [5, 5.41) is 7.31. The number of halogens is 2. The van der Waals surface area contributed by atoms with Crippen molar-refractivity contribution in [2.45, 2.75) is 20.0 Å². The van der Waals surface area contributed by atoms with E-state index in [0.717, 1.165) is 0 Å². The summed E-state index contributed by atoms with van der Waals surface area (Å²) in [6.45, 7) is 4.26. The summed E-state index contributed by atoms with van der Waals surface area (Å²) < 4.78 is 10.4. The van der Waals surface area contributed by atoms with Crippen molar-refractivity contribution in [3.05, 3.63) is 28.0 Å². The van der Waals surface area contributed by atoms with E-state index < -0.39 is 6.09 Å². The van der Waals surface area contributed by atoms with Crippen LogP contribution in [0.4, 0.5) is 10.5 Å². The van der Waals surface area contributed by atoms with E-state index in [9.17, 15) is 4.79 Å². The summed E-state index contributed by atoms with van der Waals surface area (Å²) in [7, 11) is 0. The number of cyclic esters (lactones) is 1. The number of aryl methyl sites for hydroxylation is 1. The molecule has 1 aromatic carbocycles. The zero-order chi connectivity index (χ0) is 18.1. The first kappa shape index (κ1) is 17.9. The highest BCUT2D eigenvalue weighted by atomic mass is 35.5. The van der Waals surface area contributed by atoms with E-state index in [0.29, 0.717) is 45.2 Å². The first-order valence-electron chi connectivity index (χ1n) is 7.37. The Kier molecular flexibility index (Phi) is 5.12. The van der Waals surface area contributed by atoms with Crippen LogP contribution in [0.2, 0.25) is 10.0 Å². The molecule has 2 heterocycles. The SMILES string of the molecule is CC(=S)NCC1CN(c2cc(Cl)c(-c3nc(C)no3)c(Cl)c2)C(=O)O1. The Hall–Kier alpha value is -1.90. The average Bonchev–Trinajstić information content (AvgIpc) is 3.10. The molecule has 3 rings (SSSR count). The van der Waals surface area contributed by atoms with Crippen molar-refractivity contribution in [3.63, 3.8) is 0 Å². The molecule has 1 fully saturated rings. The van der Waals surface area contributed by atoms with Crippen LogP contribution in [0.3, 0.4) is 0 Å². The maximum Gasteiger partial charge on any atom is 0.414 e. The third kappa shape index (κ3) is 3.86. The Bertz CT molecular complexity index is 819. The lowest BCUT2D eigenvalue weighted by atomic mass is 10.2. The third-order valence-electron chi connectivity index (χ3n) is 3.53. The van der Waals surface area contributed by atoms with Crippen LogP contribution in [-0.4, -0.2) is 40.4 Å². The molecule has 1 N–H and O–H groups in total. The molecule has 0 aliphatic carbocycles. The van der Waals surface area contributed by atoms with Gasteiger partial charge in [0.15, 0.2) is 5.82 Å². The molecule has 1 atom stereocenters. The topological polar surface area (TPSA) is 80.5 Å². The van der Waals surface area contributed by atoms with E-state index in [2.05, 4.69) is 15.5 Å². The number of aromatic nitrogens is 2. The van der Waals surface area contributed by atoms with Crippen molar-refractivity contribution in [2.24, 2.45) is 0 Å². The molecule has 1 aromatic heterocycles. The molecule has 7 nitrogen and oxygen atoms in total. The number of carbonyl (C=O) groups is 1. The van der Waals surface area contributed by atoms with Crippen LogP contribution in [0.5, 0.6) is 0 Å². The largest absolute Gasteiger partial charge is 0.442 e. The fourth-order valence-corrected chi connectivity index (χ4v) is 3.14. The Morgan fingerprint density at radius 3 is 2.68 bits per heavy atom. The maximum atomic E-state index is 12.1. The molecule has 2 aromatic rings. The summed E-state index contributed by atoms with van der Waals surface area (Å²) in [5.41, 5.74) is 0.955. The molecule has 1 aliphatic heterocycles. The molecule has 0 radical (unpaired) electrons. The molecular formula is C15H14Cl2N4O3S. The number of nitrogens with zero attached hydrogens (tertiary/aromatic N) is 3. The van der Waals surface area contributed by atoms with Crippen LogP contribution in [0, 0.1) is 6.92 Å². The van der Waals surface area contributed by atoms with E-state index in [1.165, 1.54) is 4.90 Å². The number of hydrogen-bond acceptors (Lipinski definition) is 6. The second kappa shape index (κ2) is 7.15. The quantitative estimate of drug-likeness (QED) is 0.784. The van der Waals surface area contributed by atoms with Gasteiger partial charge in [-0.25, -0.2) is 4.79 Å². The van der Waals surface area contributed by atoms with Crippen LogP contribution >= 0.6 is 35.4 Å². The highest BCUT2D eigenvalue weighted by Gasteiger charge is 2.33. The highest BCUT2D eigenvalue weighted by Crippen LogP contribution is 2.38. The van der Waals surface area contributed by atoms with Crippen LogP contribution in [-0.2, 0) is 4.74 Å². The van der Waals surface area contributed by atoms with Crippen molar-refractivity contribution in [1.82, 2.24) is 15.5 Å². The monoisotopic (exact) mass is 400 g/mol. The minimum absolute atomic E-state index is 0.224. The second-order valence-corrected chi connectivity index (χ2v) is 6.91. The van der Waals surface area contributed by atoms with Crippen molar-refractivity contribution in [2.75, 3.05) is 18.0 Å². The fourth-order valence-electron chi connectivity index (χ4n) is 2.41. The number of carbonyl (C=O) groups excluding carboxylic acids is 1. The predicted octanol–water partition coefficient (Wildman–Crippen LogP) is 3.61. The standard InChI is InChI=1S/C15H14Cl2N4O3S/c1-7-19-14(24-20-7)13-11(16)3-9(4-12(13)17)21-6-10(23-15(21)22)5-18-8(2)25/h3-4,10H,5-6H2,1-2H3,(H,18,25). The first-order valence-corrected chi connectivity index (χ1v) is 8.54. The molecule has 1 unspecified atom stereocenters. The minimum Gasteiger partial charge on any atom is -0.442 e. The van der Waals surface area contributed by atoms with Gasteiger partial charge in [0, 0.05) is 0 Å². The van der Waals surface area contributed by atoms with Crippen molar-refractivity contribution >= 4 is 52.2 Å². The molecule has 25 heavy (non-hydrogen) atoms. The van der Waals surface area contributed by atoms with Gasteiger partial charge in [0.05, 0.1) is 39.4 Å². The lowest BCUT2D eigenvalue weighted by Gasteiger charge is -2.15. The van der Waals surface area contributed by atoms with Gasteiger partial charge in [-0.05, 0) is 26.0 Å². The third-order valence-corrected chi connectivity index (χ3v) is 4.27. The second-order valence-electron chi connectivity index (χ2n) is 5.48. The van der Waals surface area contributed by atoms with Gasteiger partial charge < -0.3 is 14.6 Å². The van der Waals surface area contributed by atoms with Crippen LogP contribution < -0.4 is 10.2 Å². The van der Waals surface area contributed by atoms with E-state index in [-0.39, 0.29) is 12.0 Å². The molecule has 0 spiro atoms. The van der Waals surface area contributed by atoms with E-state index in [1.54, 1.807) is 26.0 Å². The van der Waals surface area contributed by atoms with Gasteiger partial charge in [-0.2, -0.15) is 4.98 Å². The maximum absolute atomic E-state index is 12.1. The van der Waals surface area contributed by atoms with Crippen molar-refractivity contribution < 1.29 is 14.1 Å². The van der Waals surface area contributed by atoms with Gasteiger partial charge in [0.1, 0.15) is 6.10 Å². The van der Waals surface area contributed by atoms with Crippen LogP contribution in [0.15, 0.2) is 16.7 Å². The predicted molar refractivity (Wildman–Crippen MR) is 98.4 cm³/mol. The molecule has 1 saturated heterocycles. The van der Waals surface area contributed by atoms with Gasteiger partial charge in [0.2, 0.25) is 0 Å². The number of rotatable bonds is 4. The lowest BCUT2D eigenvalue weighted by Crippen LogP contribution is -2.32. The number of ether oxygens (including phenoxy) is 1. The van der Waals surface area contributed by atoms with Crippen LogP contribution in [0.25, 0.3) is 11.5 Å². The van der Waals surface area contributed by atoms with E-state index in [4.69, 9.17) is 44.7 Å². The molecule has 0 bridgehead atoms. The van der Waals surface area contributed by atoms with Gasteiger partial charge in [-0.3, -0.25) is 4.90 Å². The van der Waals surface area contributed by atoms with Crippen molar-refractivity contribution in [3.8, 4) is 11.5 Å². The summed E-state index contributed by atoms with van der Waals surface area (Å²) in [6, 6.07) is 3.23. The Balaban J connectivity index is 1.84. The van der Waals surface area contributed by atoms with E-state index in [1.807, 2.05) is 0 Å². The summed E-state index contributed by atoms with van der Waals surface area (Å²) in [6.07, 6.45) is -0.788. The number of amides is 1. The fraction of sp³-hybridized carbons (Fsp3) is 0.333. The number of nitrogens with one attached hydrogen (secondary N) is 1. The smallest absolute Gasteiger partial charge is 0.414 e. The first-order chi connectivity index (χ1) is 11.8. The minimum atomic E-state index is -0.470. The highest BCUT2D eigenvalue weighted by molar-refractivity contribution is 7.80. The Labute approximate surface area is 159 Å². The summed E-state index contributed by atoms with van der Waals surface area (Å²) in [4.78, 5) is 18.4. The molecule has 0 saturated carbocycles. The number of thiocarbonyl (C=S) groups is 1. The molecular weight excluding hydrogens is 387 g/mol. The van der Waals surface area contributed by atoms with Gasteiger partial charge in [-0.15, -0.1) is 0 Å². The number of anilines is 1. The normalized spacial score (nSPS) is 16.9. The zero-order valence-corrected chi connectivity index (χ0v) is 15.7. The lowest BCUT2D eigenvalue weighted by molar-refractivity contribution is 0.143. The van der Waals surface area contributed by atoms with Gasteiger partial charge >= 0.3 is 6.09 Å². The van der Waals surface area contributed by atoms with Gasteiger partial charge in [0.25, 0.3) is 5.89 Å². The summed E-state index contributed by atoms with van der Waals surface area (Å²) in [5.74, 6) is 0.695. The summed E-state index contributed by atoms with van der Waals surface area (Å²) >= 11 is 17.6. The molecule has 1 amide bonds. The molecule has 10 heteroatoms. The number of hydrogen-bond donors (Lipinski definition) is 1. The van der Waals surface area contributed by atoms with Crippen LogP contribution in [0.1, 0.15) is 12.7 Å². The van der Waals surface area contributed by atoms with Gasteiger partial charge in [-0.1, -0.05) is 40.6 Å². The molecule has 1 aliphatic rings. The number of benzene rings is 1. The zero-order valence-electron chi connectivity index (χ0n) is 13.4. The molecule has 132 valence electrons. The Morgan fingerprint density at radius 1 is 1.44 bits per heavy atom. The van der Waals surface area contributed by atoms with Crippen molar-refractivity contribution in [1.29, 1.82) is 0 Å². The van der Waals surface area contributed by atoms with E-state index >= 15 is 0 Å². The Morgan fingerprint density at radius 2 is 2.12 bits per heavy atom. The average molecular weight is 401 g/mol.